The molecule has 4 heterocycles. The zero-order valence-corrected chi connectivity index (χ0v) is 17.4. The van der Waals surface area contributed by atoms with E-state index >= 15 is 0 Å². The molecule has 0 aliphatic carbocycles. The first-order valence-electron chi connectivity index (χ1n) is 9.78. The molecule has 0 N–H and O–H groups in total. The largest absolute Gasteiger partial charge is 0.491 e. The minimum Gasteiger partial charge on any atom is -0.491 e. The molecular weight excluding hydrogens is 374 g/mol. The van der Waals surface area contributed by atoms with Crippen LogP contribution in [-0.2, 0) is 16.6 Å². The molecule has 0 amide bonds. The maximum Gasteiger partial charge on any atom is 0.243 e. The third-order valence-corrected chi connectivity index (χ3v) is 7.32. The Balaban J connectivity index is 1.43. The molecule has 3 saturated heterocycles. The molecule has 3 aliphatic rings. The molecule has 1 aromatic carbocycles. The van der Waals surface area contributed by atoms with Crippen molar-refractivity contribution in [2.24, 2.45) is 0 Å². The first-order chi connectivity index (χ1) is 13.3. The lowest BCUT2D eigenvalue weighted by atomic mass is 9.91. The number of piperidine rings is 1. The number of hydrogen-bond acceptors (Lipinski definition) is 5. The molecule has 0 radical (unpaired) electrons. The molecule has 2 aromatic rings. The van der Waals surface area contributed by atoms with Crippen LogP contribution in [0.5, 0.6) is 5.75 Å². The fraction of sp³-hybridized carbons (Fsp3) is 0.476. The fourth-order valence-electron chi connectivity index (χ4n) is 4.18. The molecule has 5 rings (SSSR count). The van der Waals surface area contributed by atoms with Gasteiger partial charge in [-0.1, -0.05) is 6.07 Å². The SMILES string of the molecule is Cc1cccc(CN2CC3CC(C2)N3S(=O)(=O)c2ccc(OC(C)C)cc2)n1. The summed E-state index contributed by atoms with van der Waals surface area (Å²) >= 11 is 0. The number of aryl methyl sites for hydroxylation is 1. The quantitative estimate of drug-likeness (QED) is 0.745. The van der Waals surface area contributed by atoms with E-state index in [1.165, 1.54) is 0 Å². The van der Waals surface area contributed by atoms with Gasteiger partial charge in [-0.05, 0) is 63.6 Å². The third kappa shape index (κ3) is 3.79. The van der Waals surface area contributed by atoms with Gasteiger partial charge in [0.15, 0.2) is 0 Å². The Kier molecular flexibility index (Phi) is 5.16. The highest BCUT2D eigenvalue weighted by molar-refractivity contribution is 7.89. The monoisotopic (exact) mass is 401 g/mol. The number of hydrogen-bond donors (Lipinski definition) is 0. The third-order valence-electron chi connectivity index (χ3n) is 5.30. The van der Waals surface area contributed by atoms with E-state index < -0.39 is 10.0 Å². The zero-order valence-electron chi connectivity index (χ0n) is 16.6. The predicted octanol–water partition coefficient (Wildman–Crippen LogP) is 2.82. The first kappa shape index (κ1) is 19.4. The Hall–Kier alpha value is -1.96. The van der Waals surface area contributed by atoms with Crippen LogP contribution in [0.2, 0.25) is 0 Å². The summed E-state index contributed by atoms with van der Waals surface area (Å²) in [5.41, 5.74) is 2.05. The van der Waals surface area contributed by atoms with E-state index in [2.05, 4.69) is 9.88 Å². The number of benzene rings is 1. The maximum absolute atomic E-state index is 13.1. The molecular formula is C21H27N3O3S. The van der Waals surface area contributed by atoms with Gasteiger partial charge in [0.2, 0.25) is 10.0 Å². The molecule has 0 spiro atoms. The van der Waals surface area contributed by atoms with Gasteiger partial charge < -0.3 is 4.74 Å². The molecule has 28 heavy (non-hydrogen) atoms. The van der Waals surface area contributed by atoms with Crippen LogP contribution in [0, 0.1) is 6.92 Å². The van der Waals surface area contributed by atoms with Gasteiger partial charge in [0.25, 0.3) is 0 Å². The molecule has 2 unspecified atom stereocenters. The molecule has 0 saturated carbocycles. The normalized spacial score (nSPS) is 22.9. The highest BCUT2D eigenvalue weighted by Crippen LogP contribution is 2.38. The van der Waals surface area contributed by atoms with Crippen molar-refractivity contribution in [3.05, 3.63) is 53.9 Å². The van der Waals surface area contributed by atoms with E-state index in [1.54, 1.807) is 28.6 Å². The van der Waals surface area contributed by atoms with Crippen LogP contribution in [0.1, 0.15) is 31.7 Å². The zero-order chi connectivity index (χ0) is 19.9. The minimum absolute atomic E-state index is 0.0418. The van der Waals surface area contributed by atoms with Crippen molar-refractivity contribution in [2.45, 2.75) is 56.8 Å². The van der Waals surface area contributed by atoms with Crippen LogP contribution in [0.25, 0.3) is 0 Å². The van der Waals surface area contributed by atoms with Gasteiger partial charge in [-0.15, -0.1) is 0 Å². The number of rotatable bonds is 6. The number of sulfonamides is 1. The Morgan fingerprint density at radius 1 is 1.11 bits per heavy atom. The number of fused-ring (bicyclic) bond motifs is 2. The molecule has 150 valence electrons. The lowest BCUT2D eigenvalue weighted by Gasteiger charge is -2.55. The van der Waals surface area contributed by atoms with Crippen LogP contribution in [0.3, 0.4) is 0 Å². The average molecular weight is 402 g/mol. The van der Waals surface area contributed by atoms with Crippen LogP contribution in [-0.4, -0.2) is 53.9 Å². The van der Waals surface area contributed by atoms with Crippen molar-refractivity contribution in [1.82, 2.24) is 14.2 Å². The number of pyridine rings is 1. The molecule has 2 bridgehead atoms. The van der Waals surface area contributed by atoms with Gasteiger partial charge in [-0.2, -0.15) is 4.31 Å². The Morgan fingerprint density at radius 3 is 2.39 bits per heavy atom. The molecule has 2 atom stereocenters. The smallest absolute Gasteiger partial charge is 0.243 e. The number of ether oxygens (including phenoxy) is 1. The van der Waals surface area contributed by atoms with Gasteiger partial charge in [0.05, 0.1) is 16.7 Å². The summed E-state index contributed by atoms with van der Waals surface area (Å²) in [6.45, 7) is 8.15. The molecule has 3 fully saturated rings. The van der Waals surface area contributed by atoms with Gasteiger partial charge in [0.1, 0.15) is 5.75 Å². The van der Waals surface area contributed by atoms with Crippen molar-refractivity contribution >= 4 is 10.0 Å². The second kappa shape index (κ2) is 7.46. The van der Waals surface area contributed by atoms with E-state index in [4.69, 9.17) is 4.74 Å². The highest BCUT2D eigenvalue weighted by Gasteiger charge is 2.51. The van der Waals surface area contributed by atoms with Gasteiger partial charge >= 0.3 is 0 Å². The molecule has 6 nitrogen and oxygen atoms in total. The summed E-state index contributed by atoms with van der Waals surface area (Å²) < 4.78 is 33.6. The van der Waals surface area contributed by atoms with Gasteiger partial charge in [-0.25, -0.2) is 8.42 Å². The van der Waals surface area contributed by atoms with Crippen molar-refractivity contribution in [1.29, 1.82) is 0 Å². The van der Waals surface area contributed by atoms with Gasteiger partial charge in [-0.3, -0.25) is 9.88 Å². The fourth-order valence-corrected chi connectivity index (χ4v) is 6.00. The molecule has 3 aliphatic heterocycles. The van der Waals surface area contributed by atoms with Crippen LogP contribution >= 0.6 is 0 Å². The highest BCUT2D eigenvalue weighted by atomic mass is 32.2. The van der Waals surface area contributed by atoms with Crippen LogP contribution < -0.4 is 4.74 Å². The van der Waals surface area contributed by atoms with E-state index in [9.17, 15) is 8.42 Å². The molecule has 7 heteroatoms. The topological polar surface area (TPSA) is 62.7 Å². The van der Waals surface area contributed by atoms with Crippen LogP contribution in [0.15, 0.2) is 47.4 Å². The Labute approximate surface area is 167 Å². The van der Waals surface area contributed by atoms with E-state index in [-0.39, 0.29) is 18.2 Å². The lowest BCUT2D eigenvalue weighted by Crippen LogP contribution is -2.69. The summed E-state index contributed by atoms with van der Waals surface area (Å²) in [6, 6.07) is 12.9. The summed E-state index contributed by atoms with van der Waals surface area (Å²) in [4.78, 5) is 7.22. The molecule has 1 aromatic heterocycles. The maximum atomic E-state index is 13.1. The summed E-state index contributed by atoms with van der Waals surface area (Å²) in [5.74, 6) is 0.689. The van der Waals surface area contributed by atoms with Crippen LogP contribution in [0.4, 0.5) is 0 Å². The minimum atomic E-state index is -3.47. The van der Waals surface area contributed by atoms with Crippen molar-refractivity contribution < 1.29 is 13.2 Å². The first-order valence-corrected chi connectivity index (χ1v) is 11.2. The number of piperazine rings is 1. The van der Waals surface area contributed by atoms with E-state index in [0.29, 0.717) is 10.6 Å². The van der Waals surface area contributed by atoms with Crippen molar-refractivity contribution in [3.8, 4) is 5.75 Å². The van der Waals surface area contributed by atoms with Crippen molar-refractivity contribution in [3.63, 3.8) is 0 Å². The van der Waals surface area contributed by atoms with Gasteiger partial charge in [0, 0.05) is 37.4 Å². The predicted molar refractivity (Wildman–Crippen MR) is 108 cm³/mol. The second-order valence-electron chi connectivity index (χ2n) is 7.98. The van der Waals surface area contributed by atoms with E-state index in [1.807, 2.05) is 39.0 Å². The number of nitrogens with zero attached hydrogens (tertiary/aromatic N) is 3. The standard InChI is InChI=1S/C21H27N3O3S/c1-15(2)27-20-7-9-21(10-8-20)28(25,26)24-18-11-19(24)14-23(13-18)12-17-6-4-5-16(3)22-17/h4-10,15,18-19H,11-14H2,1-3H3. The summed E-state index contributed by atoms with van der Waals surface area (Å²) in [7, 11) is -3.47. The average Bonchev–Trinajstić information content (AvgIpc) is 2.61. The second-order valence-corrected chi connectivity index (χ2v) is 9.82. The summed E-state index contributed by atoms with van der Waals surface area (Å²) in [6.07, 6.45) is 0.997. The number of aromatic nitrogens is 1. The summed E-state index contributed by atoms with van der Waals surface area (Å²) in [5, 5.41) is 0. The van der Waals surface area contributed by atoms with Crippen molar-refractivity contribution in [2.75, 3.05) is 13.1 Å². The Morgan fingerprint density at radius 2 is 1.79 bits per heavy atom. The van der Waals surface area contributed by atoms with E-state index in [0.717, 1.165) is 37.4 Å². The lowest BCUT2D eigenvalue weighted by molar-refractivity contribution is -0.0108. The Bertz CT molecular complexity index is 932.